The maximum Gasteiger partial charge on any atom is 0.339 e. The zero-order valence-electron chi connectivity index (χ0n) is 39.7. The van der Waals surface area contributed by atoms with Crippen molar-refractivity contribution in [3.63, 3.8) is 0 Å². The molecule has 0 bridgehead atoms. The van der Waals surface area contributed by atoms with Crippen molar-refractivity contribution in [2.45, 2.75) is 57.9 Å². The van der Waals surface area contributed by atoms with Crippen molar-refractivity contribution < 1.29 is 52.6 Å². The number of hydrogen-bond acceptors (Lipinski definition) is 10. The van der Waals surface area contributed by atoms with Crippen LogP contribution in [0, 0.1) is 0 Å². The van der Waals surface area contributed by atoms with Crippen LogP contribution in [0.15, 0.2) is 194 Å². The van der Waals surface area contributed by atoms with Gasteiger partial charge in [0.2, 0.25) is 0 Å². The van der Waals surface area contributed by atoms with Crippen LogP contribution < -0.4 is 14.8 Å². The molecule has 0 radical (unpaired) electrons. The van der Waals surface area contributed by atoms with E-state index in [4.69, 9.17) is 37.9 Å². The predicted molar refractivity (Wildman–Crippen MR) is 270 cm³/mol. The first-order valence-corrected chi connectivity index (χ1v) is 23.7. The van der Waals surface area contributed by atoms with E-state index in [0.717, 1.165) is 33.4 Å². The number of ether oxygens (including phenoxy) is 8. The highest BCUT2D eigenvalue weighted by molar-refractivity contribution is 6.01. The van der Waals surface area contributed by atoms with Crippen LogP contribution in [-0.4, -0.2) is 74.9 Å². The lowest BCUT2D eigenvalue weighted by Gasteiger charge is -2.26. The second kappa shape index (κ2) is 29.1. The number of carbonyl (C=O) groups is 2. The van der Waals surface area contributed by atoms with E-state index in [1.54, 1.807) is 0 Å². The number of aromatic carboxylic acids is 1. The van der Waals surface area contributed by atoms with Gasteiger partial charge in [0.25, 0.3) is 5.91 Å². The Kier molecular flexibility index (Phi) is 21.2. The summed E-state index contributed by atoms with van der Waals surface area (Å²) in [5, 5.41) is 13.5. The Morgan fingerprint density at radius 2 is 0.648 bits per heavy atom. The third kappa shape index (κ3) is 17.9. The Bertz CT molecular complexity index is 2400. The van der Waals surface area contributed by atoms with Crippen molar-refractivity contribution in [3.8, 4) is 11.5 Å². The highest BCUT2D eigenvalue weighted by Crippen LogP contribution is 2.37. The first-order valence-electron chi connectivity index (χ1n) is 23.7. The molecule has 7 rings (SSSR count). The lowest BCUT2D eigenvalue weighted by Crippen LogP contribution is -2.45. The SMILES string of the molecule is O=C(O)c1ccc(C(=O)NC(COC(COCc2ccccc2)COCc2ccccc2)COC(COCc2ccccc2)COCc2ccccc2)c(OCc2ccccc2)c1OCc1ccccc1. The molecule has 368 valence electrons. The molecule has 1 amide bonds. The van der Waals surface area contributed by atoms with E-state index < -0.39 is 30.1 Å². The Morgan fingerprint density at radius 1 is 0.366 bits per heavy atom. The van der Waals surface area contributed by atoms with Crippen molar-refractivity contribution in [1.29, 1.82) is 0 Å². The third-order valence-electron chi connectivity index (χ3n) is 11.1. The normalized spacial score (nSPS) is 11.3. The summed E-state index contributed by atoms with van der Waals surface area (Å²) in [6, 6.07) is 60.2. The minimum absolute atomic E-state index is 0.0208. The molecular weight excluding hydrogens is 899 g/mol. The number of carboxylic acids is 1. The second-order valence-electron chi connectivity index (χ2n) is 16.8. The van der Waals surface area contributed by atoms with Crippen LogP contribution >= 0.6 is 0 Å². The summed E-state index contributed by atoms with van der Waals surface area (Å²) < 4.78 is 50.5. The average molecular weight is 960 g/mol. The molecular formula is C59H61NO11. The number of benzene rings is 7. The van der Waals surface area contributed by atoms with Crippen LogP contribution in [0.4, 0.5) is 0 Å². The van der Waals surface area contributed by atoms with Crippen LogP contribution in [0.2, 0.25) is 0 Å². The van der Waals surface area contributed by atoms with Gasteiger partial charge in [-0.05, 0) is 45.5 Å². The molecule has 12 heteroatoms. The van der Waals surface area contributed by atoms with E-state index in [1.807, 2.05) is 182 Å². The van der Waals surface area contributed by atoms with Crippen molar-refractivity contribution in [2.75, 3.05) is 39.6 Å². The monoisotopic (exact) mass is 959 g/mol. The molecule has 7 aromatic carbocycles. The summed E-state index contributed by atoms with van der Waals surface area (Å²) in [5.74, 6) is -1.91. The molecule has 0 saturated heterocycles. The summed E-state index contributed by atoms with van der Waals surface area (Å²) >= 11 is 0. The van der Waals surface area contributed by atoms with Gasteiger partial charge in [0.05, 0.1) is 77.7 Å². The zero-order valence-corrected chi connectivity index (χ0v) is 39.7. The van der Waals surface area contributed by atoms with Crippen molar-refractivity contribution in [2.24, 2.45) is 0 Å². The Morgan fingerprint density at radius 3 is 0.958 bits per heavy atom. The van der Waals surface area contributed by atoms with Crippen molar-refractivity contribution >= 4 is 11.9 Å². The summed E-state index contributed by atoms with van der Waals surface area (Å²) in [7, 11) is 0. The maximum absolute atomic E-state index is 14.8. The minimum Gasteiger partial charge on any atom is -0.484 e. The molecule has 7 aromatic rings. The summed E-state index contributed by atoms with van der Waals surface area (Å²) in [5.41, 5.74) is 5.54. The van der Waals surface area contributed by atoms with Crippen LogP contribution in [-0.2, 0) is 68.1 Å². The summed E-state index contributed by atoms with van der Waals surface area (Å²) in [4.78, 5) is 27.5. The van der Waals surface area contributed by atoms with Gasteiger partial charge in [-0.25, -0.2) is 4.79 Å². The van der Waals surface area contributed by atoms with Gasteiger partial charge in [0, 0.05) is 0 Å². The van der Waals surface area contributed by atoms with E-state index in [2.05, 4.69) is 5.32 Å². The van der Waals surface area contributed by atoms with Crippen molar-refractivity contribution in [1.82, 2.24) is 5.32 Å². The Hall–Kier alpha value is -7.16. The van der Waals surface area contributed by atoms with Crippen LogP contribution in [0.1, 0.15) is 54.1 Å². The lowest BCUT2D eigenvalue weighted by atomic mass is 10.1. The first-order chi connectivity index (χ1) is 35.0. The average Bonchev–Trinajstić information content (AvgIpc) is 3.41. The van der Waals surface area contributed by atoms with Crippen molar-refractivity contribution in [3.05, 3.63) is 239 Å². The lowest BCUT2D eigenvalue weighted by molar-refractivity contribution is -0.0928. The smallest absolute Gasteiger partial charge is 0.339 e. The molecule has 0 fully saturated rings. The first kappa shape index (κ1) is 51.7. The van der Waals surface area contributed by atoms with Crippen LogP contribution in [0.3, 0.4) is 0 Å². The fourth-order valence-corrected chi connectivity index (χ4v) is 7.37. The molecule has 0 aliphatic heterocycles. The number of rotatable bonds is 31. The quantitative estimate of drug-likeness (QED) is 0.0430. The van der Waals surface area contributed by atoms with E-state index >= 15 is 0 Å². The van der Waals surface area contributed by atoms with Gasteiger partial charge < -0.3 is 48.3 Å². The molecule has 0 aromatic heterocycles. The largest absolute Gasteiger partial charge is 0.484 e. The molecule has 0 aliphatic carbocycles. The maximum atomic E-state index is 14.8. The fourth-order valence-electron chi connectivity index (χ4n) is 7.37. The summed E-state index contributed by atoms with van der Waals surface area (Å²) in [6.07, 6.45) is -1.09. The van der Waals surface area contributed by atoms with Gasteiger partial charge in [-0.2, -0.15) is 0 Å². The van der Waals surface area contributed by atoms with Gasteiger partial charge in [-0.1, -0.05) is 182 Å². The highest BCUT2D eigenvalue weighted by Gasteiger charge is 2.27. The van der Waals surface area contributed by atoms with Gasteiger partial charge in [-0.3, -0.25) is 4.79 Å². The van der Waals surface area contributed by atoms with E-state index in [1.165, 1.54) is 12.1 Å². The molecule has 12 nitrogen and oxygen atoms in total. The molecule has 0 spiro atoms. The topological polar surface area (TPSA) is 140 Å². The standard InChI is InChI=1S/C59H61NO11/c61-58(54-31-32-55(59(62)63)57(71-38-50-29-17-6-18-30-50)56(54)70-37-49-27-15-5-16-28-49)60-51(39-68-52(41-64-33-45-19-7-1-8-20-45)42-65-34-46-21-9-2-10-22-46)40-69-53(43-66-35-47-23-11-3-12-24-47)44-67-36-48-25-13-4-14-26-48/h1-32,51-53H,33-44H2,(H,60,61)(H,62,63). The van der Waals surface area contributed by atoms with E-state index in [0.29, 0.717) is 26.4 Å². The van der Waals surface area contributed by atoms with Crippen LogP contribution in [0.25, 0.3) is 0 Å². The zero-order chi connectivity index (χ0) is 49.1. The molecule has 0 heterocycles. The van der Waals surface area contributed by atoms with E-state index in [9.17, 15) is 14.7 Å². The van der Waals surface area contributed by atoms with Gasteiger partial charge in [-0.15, -0.1) is 0 Å². The predicted octanol–water partition coefficient (Wildman–Crippen LogP) is 10.3. The minimum atomic E-state index is -1.24. The number of carboxylic acid groups (broad SMARTS) is 1. The third-order valence-corrected chi connectivity index (χ3v) is 11.1. The van der Waals surface area contributed by atoms with Gasteiger partial charge in [0.15, 0.2) is 11.5 Å². The number of hydrogen-bond donors (Lipinski definition) is 2. The molecule has 71 heavy (non-hydrogen) atoms. The highest BCUT2D eigenvalue weighted by atomic mass is 16.6. The summed E-state index contributed by atoms with van der Waals surface area (Å²) in [6.45, 7) is 2.27. The number of carbonyl (C=O) groups excluding carboxylic acids is 1. The Labute approximate surface area is 416 Å². The van der Waals surface area contributed by atoms with Gasteiger partial charge in [0.1, 0.15) is 31.0 Å². The van der Waals surface area contributed by atoms with Gasteiger partial charge >= 0.3 is 5.97 Å². The molecule has 0 saturated carbocycles. The fraction of sp³-hybridized carbons (Fsp3) is 0.254. The number of nitrogens with one attached hydrogen (secondary N) is 1. The molecule has 0 atom stereocenters. The van der Waals surface area contributed by atoms with Crippen LogP contribution in [0.5, 0.6) is 11.5 Å². The molecule has 2 N–H and O–H groups in total. The molecule has 0 unspecified atom stereocenters. The molecule has 0 aliphatic rings. The Balaban J connectivity index is 1.14. The number of amides is 1. The second-order valence-corrected chi connectivity index (χ2v) is 16.8. The van der Waals surface area contributed by atoms with E-state index in [-0.39, 0.29) is 75.5 Å².